The fourth-order valence-corrected chi connectivity index (χ4v) is 3.35. The predicted octanol–water partition coefficient (Wildman–Crippen LogP) is 4.15. The highest BCUT2D eigenvalue weighted by Gasteiger charge is 2.21. The molecule has 8 nitrogen and oxygen atoms in total. The summed E-state index contributed by atoms with van der Waals surface area (Å²) in [5.74, 6) is 1.54. The lowest BCUT2D eigenvalue weighted by Gasteiger charge is -2.05. The molecule has 4 aromatic rings. The van der Waals surface area contributed by atoms with Gasteiger partial charge in [0.1, 0.15) is 22.0 Å². The van der Waals surface area contributed by atoms with E-state index in [1.165, 1.54) is 11.5 Å². The molecule has 146 valence electrons. The number of hydrogen-bond acceptors (Lipinski definition) is 8. The Labute approximate surface area is 171 Å². The van der Waals surface area contributed by atoms with Gasteiger partial charge in [-0.1, -0.05) is 0 Å². The van der Waals surface area contributed by atoms with Gasteiger partial charge >= 0.3 is 0 Å². The minimum Gasteiger partial charge on any atom is -0.497 e. The summed E-state index contributed by atoms with van der Waals surface area (Å²) in [5, 5.41) is 8.35. The molecule has 0 unspecified atom stereocenters. The molecular formula is C20H18N6O2S. The molecule has 0 aliphatic carbocycles. The quantitative estimate of drug-likeness (QED) is 0.351. The Hall–Kier alpha value is -3.59. The van der Waals surface area contributed by atoms with Gasteiger partial charge in [-0.25, -0.2) is 4.99 Å². The monoisotopic (exact) mass is 406 g/mol. The van der Waals surface area contributed by atoms with E-state index in [1.54, 1.807) is 25.8 Å². The number of nitrogens with zero attached hydrogens (tertiary/aromatic N) is 6. The van der Waals surface area contributed by atoms with E-state index < -0.39 is 0 Å². The second kappa shape index (κ2) is 8.19. The van der Waals surface area contributed by atoms with Crippen molar-refractivity contribution in [3.8, 4) is 39.2 Å². The second-order valence-electron chi connectivity index (χ2n) is 6.30. The second-order valence-corrected chi connectivity index (χ2v) is 7.07. The van der Waals surface area contributed by atoms with Gasteiger partial charge in [0.25, 0.3) is 5.89 Å². The lowest BCUT2D eigenvalue weighted by molar-refractivity contribution is 0.415. The Kier molecular flexibility index (Phi) is 5.30. The standard InChI is InChI=1S/C20H18N6O2S/c1-26(2)12-22-17-16(13-6-8-15(27-3)9-7-13)25-29-18(17)20-24-23-19(28-20)14-5-4-10-21-11-14/h4-12H,1-3H3. The summed E-state index contributed by atoms with van der Waals surface area (Å²) in [7, 11) is 5.45. The lowest BCUT2D eigenvalue weighted by Crippen LogP contribution is -2.07. The Morgan fingerprint density at radius 2 is 1.86 bits per heavy atom. The zero-order valence-corrected chi connectivity index (χ0v) is 16.9. The predicted molar refractivity (Wildman–Crippen MR) is 112 cm³/mol. The summed E-state index contributed by atoms with van der Waals surface area (Å²) in [6, 6.07) is 11.4. The van der Waals surface area contributed by atoms with E-state index in [-0.39, 0.29) is 0 Å². The number of ether oxygens (including phenoxy) is 1. The molecule has 29 heavy (non-hydrogen) atoms. The SMILES string of the molecule is COc1ccc(-c2nsc(-c3nnc(-c4cccnc4)o3)c2N=CN(C)C)cc1. The number of rotatable bonds is 6. The molecule has 3 aromatic heterocycles. The van der Waals surface area contributed by atoms with Crippen molar-refractivity contribution in [2.24, 2.45) is 4.99 Å². The molecule has 0 spiro atoms. The van der Waals surface area contributed by atoms with E-state index >= 15 is 0 Å². The molecule has 0 atom stereocenters. The molecule has 0 amide bonds. The molecule has 4 rings (SSSR count). The molecular weight excluding hydrogens is 388 g/mol. The Bertz CT molecular complexity index is 1120. The molecule has 1 aromatic carbocycles. The van der Waals surface area contributed by atoms with Gasteiger partial charge in [-0.2, -0.15) is 4.37 Å². The van der Waals surface area contributed by atoms with Gasteiger partial charge in [-0.15, -0.1) is 10.2 Å². The Morgan fingerprint density at radius 1 is 1.07 bits per heavy atom. The van der Waals surface area contributed by atoms with Crippen molar-refractivity contribution in [3.05, 3.63) is 48.8 Å². The van der Waals surface area contributed by atoms with Crippen molar-refractivity contribution in [1.82, 2.24) is 24.5 Å². The first-order valence-corrected chi connectivity index (χ1v) is 9.52. The molecule has 0 saturated carbocycles. The van der Waals surface area contributed by atoms with E-state index in [9.17, 15) is 0 Å². The smallest absolute Gasteiger partial charge is 0.261 e. The third-order valence-corrected chi connectivity index (χ3v) is 4.80. The highest BCUT2D eigenvalue weighted by atomic mass is 32.1. The van der Waals surface area contributed by atoms with Crippen molar-refractivity contribution < 1.29 is 9.15 Å². The Morgan fingerprint density at radius 3 is 2.55 bits per heavy atom. The van der Waals surface area contributed by atoms with Crippen LogP contribution in [-0.4, -0.2) is 52.0 Å². The molecule has 9 heteroatoms. The molecule has 0 N–H and O–H groups in total. The van der Waals surface area contributed by atoms with Crippen molar-refractivity contribution >= 4 is 23.6 Å². The summed E-state index contributed by atoms with van der Waals surface area (Å²) in [5.41, 5.74) is 3.10. The topological polar surface area (TPSA) is 89.5 Å². The third-order valence-electron chi connectivity index (χ3n) is 3.98. The maximum atomic E-state index is 5.89. The van der Waals surface area contributed by atoms with E-state index in [4.69, 9.17) is 9.15 Å². The van der Waals surface area contributed by atoms with Crippen LogP contribution in [0.5, 0.6) is 5.75 Å². The van der Waals surface area contributed by atoms with Gasteiger partial charge < -0.3 is 14.1 Å². The maximum Gasteiger partial charge on any atom is 0.261 e. The third kappa shape index (κ3) is 3.99. The lowest BCUT2D eigenvalue weighted by atomic mass is 10.1. The highest BCUT2D eigenvalue weighted by molar-refractivity contribution is 7.10. The summed E-state index contributed by atoms with van der Waals surface area (Å²) >= 11 is 1.27. The van der Waals surface area contributed by atoms with Crippen LogP contribution in [0, 0.1) is 0 Å². The van der Waals surface area contributed by atoms with Gasteiger partial charge in [0, 0.05) is 32.1 Å². The number of aliphatic imine (C=N–C) groups is 1. The van der Waals surface area contributed by atoms with E-state index in [0.29, 0.717) is 22.3 Å². The van der Waals surface area contributed by atoms with E-state index in [2.05, 4.69) is 24.5 Å². The van der Waals surface area contributed by atoms with Crippen molar-refractivity contribution in [3.63, 3.8) is 0 Å². The van der Waals surface area contributed by atoms with Crippen LogP contribution < -0.4 is 4.74 Å². The van der Waals surface area contributed by atoms with Gasteiger partial charge in [0.05, 0.1) is 19.0 Å². The first-order chi connectivity index (χ1) is 14.2. The Balaban J connectivity index is 1.77. The number of pyridine rings is 1. The molecule has 0 aliphatic heterocycles. The molecule has 0 bridgehead atoms. The maximum absolute atomic E-state index is 5.89. The van der Waals surface area contributed by atoms with Crippen LogP contribution in [0.3, 0.4) is 0 Å². The van der Waals surface area contributed by atoms with Crippen molar-refractivity contribution in [2.75, 3.05) is 21.2 Å². The summed E-state index contributed by atoms with van der Waals surface area (Å²) < 4.78 is 15.7. The average Bonchev–Trinajstić information content (AvgIpc) is 3.40. The zero-order valence-electron chi connectivity index (χ0n) is 16.1. The van der Waals surface area contributed by atoms with E-state index in [1.807, 2.05) is 55.4 Å². The molecule has 3 heterocycles. The van der Waals surface area contributed by atoms with Crippen LogP contribution in [0.15, 0.2) is 58.2 Å². The molecule has 0 aliphatic rings. The summed E-state index contributed by atoms with van der Waals surface area (Å²) in [6.07, 6.45) is 5.09. The minimum absolute atomic E-state index is 0.368. The number of hydrogen-bond donors (Lipinski definition) is 0. The van der Waals surface area contributed by atoms with Gasteiger partial charge in [0.15, 0.2) is 0 Å². The zero-order chi connectivity index (χ0) is 20.2. The summed E-state index contributed by atoms with van der Waals surface area (Å²) in [4.78, 5) is 11.3. The van der Waals surface area contributed by atoms with Gasteiger partial charge in [-0.05, 0) is 47.9 Å². The average molecular weight is 406 g/mol. The van der Waals surface area contributed by atoms with Crippen LogP contribution >= 0.6 is 11.5 Å². The highest BCUT2D eigenvalue weighted by Crippen LogP contribution is 2.42. The minimum atomic E-state index is 0.368. The van der Waals surface area contributed by atoms with Crippen molar-refractivity contribution in [1.29, 1.82) is 0 Å². The first-order valence-electron chi connectivity index (χ1n) is 8.74. The van der Waals surface area contributed by atoms with Crippen molar-refractivity contribution in [2.45, 2.75) is 0 Å². The van der Waals surface area contributed by atoms with Crippen LogP contribution in [0.4, 0.5) is 5.69 Å². The van der Waals surface area contributed by atoms with Crippen LogP contribution in [-0.2, 0) is 0 Å². The summed E-state index contributed by atoms with van der Waals surface area (Å²) in [6.45, 7) is 0. The van der Waals surface area contributed by atoms with Crippen LogP contribution in [0.2, 0.25) is 0 Å². The molecule has 0 saturated heterocycles. The normalized spacial score (nSPS) is 11.1. The van der Waals surface area contributed by atoms with Gasteiger partial charge in [-0.3, -0.25) is 4.98 Å². The van der Waals surface area contributed by atoms with E-state index in [0.717, 1.165) is 22.6 Å². The number of methoxy groups -OCH3 is 1. The fraction of sp³-hybridized carbons (Fsp3) is 0.150. The van der Waals surface area contributed by atoms with Crippen LogP contribution in [0.1, 0.15) is 0 Å². The number of aromatic nitrogens is 4. The fourth-order valence-electron chi connectivity index (χ4n) is 2.58. The number of benzene rings is 1. The van der Waals surface area contributed by atoms with Gasteiger partial charge in [0.2, 0.25) is 5.89 Å². The van der Waals surface area contributed by atoms with Crippen LogP contribution in [0.25, 0.3) is 33.5 Å². The molecule has 0 radical (unpaired) electrons. The molecule has 0 fully saturated rings. The largest absolute Gasteiger partial charge is 0.497 e. The first kappa shape index (κ1) is 18.8.